The van der Waals surface area contributed by atoms with Gasteiger partial charge in [-0.25, -0.2) is 9.59 Å². The van der Waals surface area contributed by atoms with Crippen molar-refractivity contribution in [2.45, 2.75) is 58.3 Å². The van der Waals surface area contributed by atoms with Gasteiger partial charge in [0.25, 0.3) is 0 Å². The van der Waals surface area contributed by atoms with Crippen molar-refractivity contribution in [2.24, 2.45) is 5.92 Å². The van der Waals surface area contributed by atoms with Crippen LogP contribution >= 0.6 is 0 Å². The van der Waals surface area contributed by atoms with Crippen molar-refractivity contribution in [1.82, 2.24) is 0 Å². The Morgan fingerprint density at radius 3 is 1.80 bits per heavy atom. The molecule has 1 unspecified atom stereocenters. The standard InChI is InChI=1S/C21H34O9/c1-3-4-5-6-7-8-9-10-17(20(24)25)21(26)30-16-15-29-19(23)12-11-18(22)28-14-13-27-2/h11-12,17H,3-10,13-16H2,1-2H3,(H,24,25)/b12-11+. The Labute approximate surface area is 177 Å². The van der Waals surface area contributed by atoms with Gasteiger partial charge in [-0.15, -0.1) is 0 Å². The van der Waals surface area contributed by atoms with Crippen molar-refractivity contribution < 1.29 is 43.2 Å². The van der Waals surface area contributed by atoms with E-state index < -0.39 is 29.8 Å². The van der Waals surface area contributed by atoms with Crippen LogP contribution in [-0.4, -0.2) is 62.5 Å². The van der Waals surface area contributed by atoms with Gasteiger partial charge in [-0.3, -0.25) is 9.59 Å². The van der Waals surface area contributed by atoms with Gasteiger partial charge < -0.3 is 24.1 Å². The molecule has 0 amide bonds. The maximum Gasteiger partial charge on any atom is 0.331 e. The lowest BCUT2D eigenvalue weighted by atomic mass is 10.0. The van der Waals surface area contributed by atoms with Gasteiger partial charge in [0.2, 0.25) is 0 Å². The predicted molar refractivity (Wildman–Crippen MR) is 108 cm³/mol. The minimum atomic E-state index is -1.22. The molecule has 0 aliphatic heterocycles. The second-order valence-electron chi connectivity index (χ2n) is 6.63. The molecule has 0 radical (unpaired) electrons. The molecule has 0 saturated carbocycles. The Balaban J connectivity index is 4.02. The molecule has 30 heavy (non-hydrogen) atoms. The van der Waals surface area contributed by atoms with Crippen LogP contribution < -0.4 is 0 Å². The highest BCUT2D eigenvalue weighted by Crippen LogP contribution is 2.14. The second-order valence-corrected chi connectivity index (χ2v) is 6.63. The van der Waals surface area contributed by atoms with Crippen LogP contribution in [0.15, 0.2) is 12.2 Å². The van der Waals surface area contributed by atoms with Crippen LogP contribution in [0.1, 0.15) is 58.3 Å². The fourth-order valence-electron chi connectivity index (χ4n) is 2.49. The normalized spacial score (nSPS) is 11.8. The fraction of sp³-hybridized carbons (Fsp3) is 0.714. The number of carbonyl (C=O) groups is 4. The third-order valence-corrected chi connectivity index (χ3v) is 4.14. The molecule has 9 nitrogen and oxygen atoms in total. The van der Waals surface area contributed by atoms with E-state index >= 15 is 0 Å². The molecule has 0 aliphatic rings. The zero-order valence-electron chi connectivity index (χ0n) is 17.9. The lowest BCUT2D eigenvalue weighted by Crippen LogP contribution is -2.27. The summed E-state index contributed by atoms with van der Waals surface area (Å²) in [6.07, 6.45) is 9.19. The van der Waals surface area contributed by atoms with Gasteiger partial charge in [0.15, 0.2) is 5.92 Å². The van der Waals surface area contributed by atoms with Crippen molar-refractivity contribution in [3.8, 4) is 0 Å². The van der Waals surface area contributed by atoms with Gasteiger partial charge in [-0.05, 0) is 6.42 Å². The number of esters is 3. The number of methoxy groups -OCH3 is 1. The van der Waals surface area contributed by atoms with Crippen LogP contribution in [0.3, 0.4) is 0 Å². The molecule has 172 valence electrons. The maximum absolute atomic E-state index is 11.9. The monoisotopic (exact) mass is 430 g/mol. The molecule has 9 heteroatoms. The molecule has 0 rings (SSSR count). The summed E-state index contributed by atoms with van der Waals surface area (Å²) in [5.74, 6) is -4.82. The molecule has 0 aromatic rings. The number of carboxylic acid groups (broad SMARTS) is 1. The average Bonchev–Trinajstić information content (AvgIpc) is 2.71. The first kappa shape index (κ1) is 27.6. The van der Waals surface area contributed by atoms with Crippen molar-refractivity contribution in [3.63, 3.8) is 0 Å². The van der Waals surface area contributed by atoms with Crippen molar-refractivity contribution in [3.05, 3.63) is 12.2 Å². The molecular weight excluding hydrogens is 396 g/mol. The summed E-state index contributed by atoms with van der Waals surface area (Å²) in [4.78, 5) is 45.9. The minimum Gasteiger partial charge on any atom is -0.481 e. The van der Waals surface area contributed by atoms with Crippen LogP contribution in [0, 0.1) is 5.92 Å². The zero-order chi connectivity index (χ0) is 22.6. The minimum absolute atomic E-state index is 0.0638. The Morgan fingerprint density at radius 1 is 0.767 bits per heavy atom. The molecule has 0 bridgehead atoms. The van der Waals surface area contributed by atoms with Gasteiger partial charge >= 0.3 is 23.9 Å². The Bertz CT molecular complexity index is 543. The quantitative estimate of drug-likeness (QED) is 0.115. The van der Waals surface area contributed by atoms with Gasteiger partial charge in [0.05, 0.1) is 6.61 Å². The summed E-state index contributed by atoms with van der Waals surface area (Å²) in [7, 11) is 1.46. The summed E-state index contributed by atoms with van der Waals surface area (Å²) in [5, 5.41) is 9.21. The Morgan fingerprint density at radius 2 is 1.27 bits per heavy atom. The molecule has 0 aliphatic carbocycles. The second kappa shape index (κ2) is 18.6. The predicted octanol–water partition coefficient (Wildman–Crippen LogP) is 2.66. The van der Waals surface area contributed by atoms with Gasteiger partial charge in [0, 0.05) is 19.3 Å². The molecule has 0 spiro atoms. The first-order valence-corrected chi connectivity index (χ1v) is 10.3. The Kier molecular flexibility index (Phi) is 17.1. The van der Waals surface area contributed by atoms with Gasteiger partial charge in [-0.2, -0.15) is 0 Å². The summed E-state index contributed by atoms with van der Waals surface area (Å²) in [6, 6.07) is 0. The van der Waals surface area contributed by atoms with E-state index in [1.54, 1.807) is 0 Å². The smallest absolute Gasteiger partial charge is 0.331 e. The number of carboxylic acids is 1. The van der Waals surface area contributed by atoms with E-state index in [2.05, 4.69) is 6.92 Å². The van der Waals surface area contributed by atoms with E-state index in [-0.39, 0.29) is 32.8 Å². The highest BCUT2D eigenvalue weighted by molar-refractivity contribution is 5.94. The van der Waals surface area contributed by atoms with E-state index in [0.717, 1.165) is 31.4 Å². The van der Waals surface area contributed by atoms with Crippen LogP contribution in [0.5, 0.6) is 0 Å². The first-order chi connectivity index (χ1) is 14.4. The number of rotatable bonds is 18. The first-order valence-electron chi connectivity index (χ1n) is 10.3. The summed E-state index contributed by atoms with van der Waals surface area (Å²) < 4.78 is 19.1. The molecular formula is C21H34O9. The highest BCUT2D eigenvalue weighted by atomic mass is 16.6. The largest absolute Gasteiger partial charge is 0.481 e. The molecule has 1 N–H and O–H groups in total. The van der Waals surface area contributed by atoms with Crippen LogP contribution in [0.2, 0.25) is 0 Å². The lowest BCUT2D eigenvalue weighted by Gasteiger charge is -2.12. The molecule has 0 fully saturated rings. The number of hydrogen-bond donors (Lipinski definition) is 1. The lowest BCUT2D eigenvalue weighted by molar-refractivity contribution is -0.161. The van der Waals surface area contributed by atoms with Crippen LogP contribution in [0.25, 0.3) is 0 Å². The van der Waals surface area contributed by atoms with Crippen LogP contribution in [0.4, 0.5) is 0 Å². The number of aliphatic carboxylic acids is 1. The van der Waals surface area contributed by atoms with Crippen LogP contribution in [-0.2, 0) is 38.1 Å². The maximum atomic E-state index is 11.9. The molecule has 1 atom stereocenters. The number of hydrogen-bond acceptors (Lipinski definition) is 8. The molecule has 0 aromatic heterocycles. The third-order valence-electron chi connectivity index (χ3n) is 4.14. The van der Waals surface area contributed by atoms with E-state index in [4.69, 9.17) is 18.9 Å². The molecule has 0 aromatic carbocycles. The number of carbonyl (C=O) groups excluding carboxylic acids is 3. The SMILES string of the molecule is CCCCCCCCCC(C(=O)O)C(=O)OCCOC(=O)/C=C/C(=O)OCCOC. The van der Waals surface area contributed by atoms with Crippen molar-refractivity contribution >= 4 is 23.9 Å². The van der Waals surface area contributed by atoms with E-state index in [9.17, 15) is 24.3 Å². The zero-order valence-corrected chi connectivity index (χ0v) is 17.9. The third kappa shape index (κ3) is 15.5. The van der Waals surface area contributed by atoms with E-state index in [1.165, 1.54) is 26.4 Å². The topological polar surface area (TPSA) is 125 Å². The number of ether oxygens (including phenoxy) is 4. The van der Waals surface area contributed by atoms with Crippen molar-refractivity contribution in [1.29, 1.82) is 0 Å². The van der Waals surface area contributed by atoms with Gasteiger partial charge in [0.1, 0.15) is 19.8 Å². The summed E-state index contributed by atoms with van der Waals surface area (Å²) in [5.41, 5.74) is 0. The van der Waals surface area contributed by atoms with Gasteiger partial charge in [-0.1, -0.05) is 51.9 Å². The van der Waals surface area contributed by atoms with Crippen molar-refractivity contribution in [2.75, 3.05) is 33.5 Å². The highest BCUT2D eigenvalue weighted by Gasteiger charge is 2.27. The van der Waals surface area contributed by atoms with E-state index in [0.29, 0.717) is 6.42 Å². The average molecular weight is 430 g/mol. The summed E-state index contributed by atoms with van der Waals surface area (Å²) >= 11 is 0. The molecule has 0 saturated heterocycles. The summed E-state index contributed by atoms with van der Waals surface area (Å²) in [6.45, 7) is 1.93. The fourth-order valence-corrected chi connectivity index (χ4v) is 2.49. The van der Waals surface area contributed by atoms with E-state index in [1.807, 2.05) is 0 Å². The number of unbranched alkanes of at least 4 members (excludes halogenated alkanes) is 6. The Hall–Kier alpha value is -2.42. The molecule has 0 heterocycles.